The van der Waals surface area contributed by atoms with Crippen molar-refractivity contribution in [3.05, 3.63) is 88.7 Å². The smallest absolute Gasteiger partial charge is 0.398 e. The van der Waals surface area contributed by atoms with E-state index in [9.17, 15) is 30.7 Å². The summed E-state index contributed by atoms with van der Waals surface area (Å²) in [5, 5.41) is 0. The third kappa shape index (κ3) is 4.75. The summed E-state index contributed by atoms with van der Waals surface area (Å²) in [5.74, 6) is -8.60. The number of hydrogen-bond donors (Lipinski definition) is 0. The minimum Gasteiger partial charge on any atom is -0.432 e. The van der Waals surface area contributed by atoms with Crippen molar-refractivity contribution >= 4 is 0 Å². The molecule has 0 saturated heterocycles. The molecule has 0 aliphatic rings. The molecule has 8 heteroatoms. The molecule has 3 aromatic carbocycles. The maximum atomic E-state index is 14.4. The number of alkyl halides is 2. The van der Waals surface area contributed by atoms with Crippen molar-refractivity contribution in [3.63, 3.8) is 0 Å². The highest BCUT2D eigenvalue weighted by Gasteiger charge is 2.32. The zero-order chi connectivity index (χ0) is 22.1. The summed E-state index contributed by atoms with van der Waals surface area (Å²) >= 11 is 0. The summed E-state index contributed by atoms with van der Waals surface area (Å²) in [6.45, 7) is 1.83. The highest BCUT2D eigenvalue weighted by Crippen LogP contribution is 2.31. The molecule has 0 aliphatic heterocycles. The first-order chi connectivity index (χ1) is 14.1. The molecule has 1 nitrogen and oxygen atoms in total. The third-order valence-electron chi connectivity index (χ3n) is 4.43. The van der Waals surface area contributed by atoms with Crippen LogP contribution < -0.4 is 4.74 Å². The second kappa shape index (κ2) is 8.38. The van der Waals surface area contributed by atoms with E-state index in [1.165, 1.54) is 12.1 Å². The van der Waals surface area contributed by atoms with E-state index in [-0.39, 0.29) is 23.3 Å². The van der Waals surface area contributed by atoms with Gasteiger partial charge in [-0.05, 0) is 24.5 Å². The molecule has 0 N–H and O–H groups in total. The molecule has 30 heavy (non-hydrogen) atoms. The molecule has 3 aromatic rings. The van der Waals surface area contributed by atoms with E-state index in [4.69, 9.17) is 0 Å². The molecule has 0 fully saturated rings. The highest BCUT2D eigenvalue weighted by molar-refractivity contribution is 5.65. The van der Waals surface area contributed by atoms with Crippen molar-refractivity contribution in [1.82, 2.24) is 0 Å². The first kappa shape index (κ1) is 21.7. The molecular weight excluding hydrogens is 413 g/mol. The normalized spacial score (nSPS) is 11.6. The zero-order valence-corrected chi connectivity index (χ0v) is 15.6. The SMILES string of the molecule is Cc1ccc(-c2ccc(CCC(F)(F)Oc3cc(F)c(F)c(F)c3)c(F)c2F)cc1. The summed E-state index contributed by atoms with van der Waals surface area (Å²) in [6.07, 6.45) is -5.68. The van der Waals surface area contributed by atoms with Crippen molar-refractivity contribution in [3.8, 4) is 16.9 Å². The van der Waals surface area contributed by atoms with E-state index in [2.05, 4.69) is 4.74 Å². The van der Waals surface area contributed by atoms with Crippen LogP contribution in [0, 0.1) is 36.0 Å². The first-order valence-corrected chi connectivity index (χ1v) is 8.82. The lowest BCUT2D eigenvalue weighted by Crippen LogP contribution is -2.26. The number of halogens is 7. The first-order valence-electron chi connectivity index (χ1n) is 8.82. The van der Waals surface area contributed by atoms with E-state index in [1.54, 1.807) is 24.3 Å². The minimum absolute atomic E-state index is 0.0171. The number of aryl methyl sites for hydroxylation is 2. The van der Waals surface area contributed by atoms with Gasteiger partial charge in [-0.1, -0.05) is 42.0 Å². The van der Waals surface area contributed by atoms with Gasteiger partial charge in [-0.2, -0.15) is 8.78 Å². The Morgan fingerprint density at radius 2 is 1.37 bits per heavy atom. The van der Waals surface area contributed by atoms with Gasteiger partial charge in [-0.15, -0.1) is 0 Å². The van der Waals surface area contributed by atoms with Crippen LogP contribution in [0.15, 0.2) is 48.5 Å². The Morgan fingerprint density at radius 3 is 1.97 bits per heavy atom. The molecule has 0 radical (unpaired) electrons. The number of benzene rings is 3. The molecule has 0 bridgehead atoms. The second-order valence-corrected chi connectivity index (χ2v) is 6.71. The molecule has 0 unspecified atom stereocenters. The maximum Gasteiger partial charge on any atom is 0.398 e. The molecule has 0 spiro atoms. The lowest BCUT2D eigenvalue weighted by atomic mass is 9.99. The van der Waals surface area contributed by atoms with Crippen LogP contribution in [0.25, 0.3) is 11.1 Å². The van der Waals surface area contributed by atoms with Gasteiger partial charge in [-0.3, -0.25) is 0 Å². The van der Waals surface area contributed by atoms with Crippen LogP contribution in [0.4, 0.5) is 30.7 Å². The van der Waals surface area contributed by atoms with Crippen molar-refractivity contribution in [1.29, 1.82) is 0 Å². The Bertz CT molecular complexity index is 1040. The fraction of sp³-hybridized carbons (Fsp3) is 0.182. The van der Waals surface area contributed by atoms with E-state index in [1.807, 2.05) is 6.92 Å². The fourth-order valence-corrected chi connectivity index (χ4v) is 2.83. The summed E-state index contributed by atoms with van der Waals surface area (Å²) < 4.78 is 100. The lowest BCUT2D eigenvalue weighted by Gasteiger charge is -2.18. The highest BCUT2D eigenvalue weighted by atomic mass is 19.3. The Morgan fingerprint density at radius 1 is 0.767 bits per heavy atom. The Hall–Kier alpha value is -3.03. The average molecular weight is 428 g/mol. The van der Waals surface area contributed by atoms with E-state index < -0.39 is 53.8 Å². The molecule has 0 atom stereocenters. The minimum atomic E-state index is -3.96. The zero-order valence-electron chi connectivity index (χ0n) is 15.6. The predicted molar refractivity (Wildman–Crippen MR) is 96.7 cm³/mol. The molecule has 0 saturated carbocycles. The Kier molecular flexibility index (Phi) is 6.05. The lowest BCUT2D eigenvalue weighted by molar-refractivity contribution is -0.180. The molecule has 158 valence electrons. The predicted octanol–water partition coefficient (Wildman–Crippen LogP) is 6.96. The summed E-state index contributed by atoms with van der Waals surface area (Å²) in [7, 11) is 0. The van der Waals surface area contributed by atoms with Gasteiger partial charge in [0, 0.05) is 17.7 Å². The maximum absolute atomic E-state index is 14.4. The molecule has 0 amide bonds. The summed E-state index contributed by atoms with van der Waals surface area (Å²) in [6, 6.07) is 9.65. The Balaban J connectivity index is 1.74. The van der Waals surface area contributed by atoms with Crippen LogP contribution in [0.2, 0.25) is 0 Å². The van der Waals surface area contributed by atoms with Crippen LogP contribution in [0.1, 0.15) is 17.5 Å². The van der Waals surface area contributed by atoms with Crippen LogP contribution in [-0.4, -0.2) is 6.11 Å². The monoisotopic (exact) mass is 428 g/mol. The van der Waals surface area contributed by atoms with Crippen molar-refractivity contribution < 1.29 is 35.5 Å². The number of rotatable bonds is 6. The Labute approximate surface area is 167 Å². The van der Waals surface area contributed by atoms with Gasteiger partial charge in [-0.25, -0.2) is 22.0 Å². The summed E-state index contributed by atoms with van der Waals surface area (Å²) in [4.78, 5) is 0. The van der Waals surface area contributed by atoms with Gasteiger partial charge >= 0.3 is 6.11 Å². The van der Waals surface area contributed by atoms with Gasteiger partial charge in [0.05, 0.1) is 6.42 Å². The van der Waals surface area contributed by atoms with Gasteiger partial charge < -0.3 is 4.74 Å². The third-order valence-corrected chi connectivity index (χ3v) is 4.43. The molecule has 0 aromatic heterocycles. The van der Waals surface area contributed by atoms with Crippen LogP contribution in [0.3, 0.4) is 0 Å². The molecule has 3 rings (SSSR count). The van der Waals surface area contributed by atoms with Crippen LogP contribution in [0.5, 0.6) is 5.75 Å². The number of ether oxygens (including phenoxy) is 1. The molecular formula is C22H15F7O. The standard InChI is InChI=1S/C22H15F7O/c1-12-2-4-13(5-3-12)16-7-6-14(19(25)20(16)26)8-9-22(28,29)30-15-10-17(23)21(27)18(24)11-15/h2-7,10-11H,8-9H2,1H3. The van der Waals surface area contributed by atoms with Gasteiger partial charge in [0.25, 0.3) is 0 Å². The second-order valence-electron chi connectivity index (χ2n) is 6.71. The quantitative estimate of drug-likeness (QED) is 0.305. The van der Waals surface area contributed by atoms with Crippen LogP contribution in [-0.2, 0) is 6.42 Å². The average Bonchev–Trinajstić information content (AvgIpc) is 2.68. The van der Waals surface area contributed by atoms with Crippen molar-refractivity contribution in [2.75, 3.05) is 0 Å². The van der Waals surface area contributed by atoms with Crippen molar-refractivity contribution in [2.45, 2.75) is 25.9 Å². The van der Waals surface area contributed by atoms with Gasteiger partial charge in [0.15, 0.2) is 29.1 Å². The van der Waals surface area contributed by atoms with Gasteiger partial charge in [0.1, 0.15) is 5.75 Å². The number of hydrogen-bond acceptors (Lipinski definition) is 1. The topological polar surface area (TPSA) is 9.23 Å². The van der Waals surface area contributed by atoms with Crippen LogP contribution >= 0.6 is 0 Å². The summed E-state index contributed by atoms with van der Waals surface area (Å²) in [5.41, 5.74) is 1.02. The van der Waals surface area contributed by atoms with Gasteiger partial charge in [0.2, 0.25) is 0 Å². The molecule has 0 aliphatic carbocycles. The largest absolute Gasteiger partial charge is 0.432 e. The van der Waals surface area contributed by atoms with E-state index >= 15 is 0 Å². The van der Waals surface area contributed by atoms with E-state index in [0.717, 1.165) is 5.56 Å². The van der Waals surface area contributed by atoms with Crippen molar-refractivity contribution in [2.24, 2.45) is 0 Å². The van der Waals surface area contributed by atoms with E-state index in [0.29, 0.717) is 5.56 Å². The molecule has 0 heterocycles. The fourth-order valence-electron chi connectivity index (χ4n) is 2.83.